The first-order valence-corrected chi connectivity index (χ1v) is 7.04. The van der Waals surface area contributed by atoms with E-state index in [2.05, 4.69) is 15.2 Å². The van der Waals surface area contributed by atoms with Crippen molar-refractivity contribution in [3.63, 3.8) is 0 Å². The zero-order valence-electron chi connectivity index (χ0n) is 12.7. The van der Waals surface area contributed by atoms with E-state index >= 15 is 0 Å². The molecule has 0 bridgehead atoms. The predicted octanol–water partition coefficient (Wildman–Crippen LogP) is 2.87. The maximum Gasteiger partial charge on any atom is 0.412 e. The Labute approximate surface area is 132 Å². The fraction of sp³-hybridized carbons (Fsp3) is 0.118. The molecule has 0 atom stereocenters. The summed E-state index contributed by atoms with van der Waals surface area (Å²) in [6, 6.07) is 14.4. The van der Waals surface area contributed by atoms with Crippen LogP contribution in [0.2, 0.25) is 0 Å². The summed E-state index contributed by atoms with van der Waals surface area (Å²) in [5, 5.41) is 7.86. The van der Waals surface area contributed by atoms with E-state index in [4.69, 9.17) is 0 Å². The van der Waals surface area contributed by atoms with E-state index in [-0.39, 0.29) is 11.4 Å². The number of carbonyl (C=O) groups is 1. The van der Waals surface area contributed by atoms with Crippen LogP contribution >= 0.6 is 0 Å². The Kier molecular flexibility index (Phi) is 3.80. The lowest BCUT2D eigenvalue weighted by Gasteiger charge is -2.11. The van der Waals surface area contributed by atoms with Crippen LogP contribution in [-0.4, -0.2) is 23.0 Å². The van der Waals surface area contributed by atoms with Gasteiger partial charge in [0.2, 0.25) is 0 Å². The van der Waals surface area contributed by atoms with Crippen LogP contribution in [0.15, 0.2) is 53.3 Å². The van der Waals surface area contributed by atoms with E-state index in [0.717, 1.165) is 5.56 Å². The molecule has 3 aromatic rings. The number of hydrogen-bond donors (Lipinski definition) is 1. The van der Waals surface area contributed by atoms with Gasteiger partial charge in [0.15, 0.2) is 5.82 Å². The zero-order valence-corrected chi connectivity index (χ0v) is 12.7. The van der Waals surface area contributed by atoms with Crippen LogP contribution in [0.25, 0.3) is 16.5 Å². The van der Waals surface area contributed by atoms with Gasteiger partial charge < -0.3 is 4.74 Å². The van der Waals surface area contributed by atoms with Crippen molar-refractivity contribution in [3.05, 3.63) is 64.4 Å². The molecule has 1 aromatic heterocycles. The summed E-state index contributed by atoms with van der Waals surface area (Å²) in [4.78, 5) is 24.2. The Morgan fingerprint density at radius 1 is 1.09 bits per heavy atom. The molecule has 0 aliphatic rings. The number of nitrogens with one attached hydrogen (secondary N) is 1. The average Bonchev–Trinajstić information content (AvgIpc) is 2.58. The molecule has 1 heterocycles. The molecule has 0 aliphatic heterocycles. The molecule has 0 fully saturated rings. The molecule has 1 amide bonds. The summed E-state index contributed by atoms with van der Waals surface area (Å²) in [6.07, 6.45) is -0.642. The summed E-state index contributed by atoms with van der Waals surface area (Å²) in [6.45, 7) is 1.96. The topological polar surface area (TPSA) is 73.2 Å². The van der Waals surface area contributed by atoms with Gasteiger partial charge in [-0.3, -0.25) is 10.1 Å². The number of benzene rings is 2. The minimum atomic E-state index is -0.642. The number of ether oxygens (including phenoxy) is 1. The minimum Gasteiger partial charge on any atom is -0.453 e. The number of anilines is 1. The Morgan fingerprint density at radius 3 is 2.39 bits per heavy atom. The first-order chi connectivity index (χ1) is 11.1. The van der Waals surface area contributed by atoms with E-state index in [0.29, 0.717) is 16.5 Å². The normalized spacial score (nSPS) is 10.5. The van der Waals surface area contributed by atoms with Crippen molar-refractivity contribution in [2.45, 2.75) is 6.92 Å². The second kappa shape index (κ2) is 5.92. The van der Waals surface area contributed by atoms with Crippen LogP contribution in [0, 0.1) is 6.92 Å². The zero-order chi connectivity index (χ0) is 16.4. The van der Waals surface area contributed by atoms with Crippen LogP contribution in [0.4, 0.5) is 10.6 Å². The summed E-state index contributed by atoms with van der Waals surface area (Å²) >= 11 is 0. The Balaban J connectivity index is 2.26. The van der Waals surface area contributed by atoms with E-state index in [1.165, 1.54) is 11.8 Å². The molecule has 23 heavy (non-hydrogen) atoms. The maximum absolute atomic E-state index is 12.7. The summed E-state index contributed by atoms with van der Waals surface area (Å²) in [5.41, 5.74) is 1.45. The van der Waals surface area contributed by atoms with Gasteiger partial charge >= 0.3 is 6.09 Å². The van der Waals surface area contributed by atoms with Crippen molar-refractivity contribution in [1.82, 2.24) is 9.78 Å². The number of fused-ring (bicyclic) bond motifs is 1. The van der Waals surface area contributed by atoms with Crippen molar-refractivity contribution in [1.29, 1.82) is 0 Å². The monoisotopic (exact) mass is 309 g/mol. The molecule has 1 N–H and O–H groups in total. The quantitative estimate of drug-likeness (QED) is 0.790. The third-order valence-electron chi connectivity index (χ3n) is 3.49. The molecule has 0 saturated carbocycles. The SMILES string of the molecule is COC(=O)Nc1nn(-c2ccc(C)cc2)c(=O)c2ccccc12. The molecule has 0 spiro atoms. The van der Waals surface area contributed by atoms with Crippen LogP contribution < -0.4 is 10.9 Å². The standard InChI is InChI=1S/C17H15N3O3/c1-11-7-9-12(10-8-11)20-16(21)14-6-4-3-5-13(14)15(19-20)18-17(22)23-2/h3-10H,1-2H3,(H,18,19,22). The highest BCUT2D eigenvalue weighted by Gasteiger charge is 2.13. The number of methoxy groups -OCH3 is 1. The summed E-state index contributed by atoms with van der Waals surface area (Å²) in [7, 11) is 1.27. The Hall–Kier alpha value is -3.15. The van der Waals surface area contributed by atoms with Gasteiger partial charge in [-0.05, 0) is 25.1 Å². The first-order valence-electron chi connectivity index (χ1n) is 7.04. The lowest BCUT2D eigenvalue weighted by Crippen LogP contribution is -2.24. The van der Waals surface area contributed by atoms with E-state index in [9.17, 15) is 9.59 Å². The van der Waals surface area contributed by atoms with Gasteiger partial charge in [0.1, 0.15) is 0 Å². The van der Waals surface area contributed by atoms with Crippen molar-refractivity contribution < 1.29 is 9.53 Å². The van der Waals surface area contributed by atoms with Gasteiger partial charge in [-0.15, -0.1) is 5.10 Å². The molecule has 3 rings (SSSR count). The lowest BCUT2D eigenvalue weighted by atomic mass is 10.2. The van der Waals surface area contributed by atoms with Crippen molar-refractivity contribution in [2.75, 3.05) is 12.4 Å². The molecular formula is C17H15N3O3. The number of aryl methyl sites for hydroxylation is 1. The van der Waals surface area contributed by atoms with Gasteiger partial charge in [0.05, 0.1) is 18.2 Å². The van der Waals surface area contributed by atoms with Crippen molar-refractivity contribution in [3.8, 4) is 5.69 Å². The average molecular weight is 309 g/mol. The summed E-state index contributed by atoms with van der Waals surface area (Å²) in [5.74, 6) is 0.271. The molecule has 2 aromatic carbocycles. The Bertz CT molecular complexity index is 930. The van der Waals surface area contributed by atoms with E-state index in [1.54, 1.807) is 36.4 Å². The summed E-state index contributed by atoms with van der Waals surface area (Å²) < 4.78 is 5.89. The smallest absolute Gasteiger partial charge is 0.412 e. The second-order valence-electron chi connectivity index (χ2n) is 5.06. The number of hydrogen-bond acceptors (Lipinski definition) is 4. The largest absolute Gasteiger partial charge is 0.453 e. The molecule has 0 radical (unpaired) electrons. The predicted molar refractivity (Wildman–Crippen MR) is 88.1 cm³/mol. The highest BCUT2D eigenvalue weighted by atomic mass is 16.5. The molecular weight excluding hydrogens is 294 g/mol. The van der Waals surface area contributed by atoms with Gasteiger partial charge in [-0.1, -0.05) is 35.9 Å². The molecule has 6 nitrogen and oxygen atoms in total. The van der Waals surface area contributed by atoms with Crippen LogP contribution in [0.5, 0.6) is 0 Å². The van der Waals surface area contributed by atoms with Crippen LogP contribution in [-0.2, 0) is 4.74 Å². The van der Waals surface area contributed by atoms with Crippen molar-refractivity contribution in [2.24, 2.45) is 0 Å². The number of carbonyl (C=O) groups excluding carboxylic acids is 1. The van der Waals surface area contributed by atoms with E-state index in [1.807, 2.05) is 19.1 Å². The number of amides is 1. The van der Waals surface area contributed by atoms with Crippen molar-refractivity contribution >= 4 is 22.7 Å². The number of rotatable bonds is 2. The van der Waals surface area contributed by atoms with Crippen LogP contribution in [0.1, 0.15) is 5.56 Å². The van der Waals surface area contributed by atoms with Gasteiger partial charge in [-0.25, -0.2) is 4.79 Å². The highest BCUT2D eigenvalue weighted by molar-refractivity contribution is 5.97. The molecule has 6 heteroatoms. The lowest BCUT2D eigenvalue weighted by molar-refractivity contribution is 0.187. The highest BCUT2D eigenvalue weighted by Crippen LogP contribution is 2.19. The van der Waals surface area contributed by atoms with Gasteiger partial charge in [-0.2, -0.15) is 4.68 Å². The fourth-order valence-corrected chi connectivity index (χ4v) is 2.29. The molecule has 0 saturated heterocycles. The third kappa shape index (κ3) is 2.78. The second-order valence-corrected chi connectivity index (χ2v) is 5.06. The molecule has 0 unspecified atom stereocenters. The maximum atomic E-state index is 12.7. The van der Waals surface area contributed by atoms with E-state index < -0.39 is 6.09 Å². The third-order valence-corrected chi connectivity index (χ3v) is 3.49. The minimum absolute atomic E-state index is 0.250. The number of aromatic nitrogens is 2. The first kappa shape index (κ1) is 14.8. The molecule has 116 valence electrons. The Morgan fingerprint density at radius 2 is 1.74 bits per heavy atom. The molecule has 0 aliphatic carbocycles. The fourth-order valence-electron chi connectivity index (χ4n) is 2.29. The van der Waals surface area contributed by atoms with Gasteiger partial charge in [0, 0.05) is 5.39 Å². The van der Waals surface area contributed by atoms with Gasteiger partial charge in [0.25, 0.3) is 5.56 Å². The number of nitrogens with zero attached hydrogens (tertiary/aromatic N) is 2. The van der Waals surface area contributed by atoms with Crippen LogP contribution in [0.3, 0.4) is 0 Å².